The second-order valence-electron chi connectivity index (χ2n) is 5.44. The van der Waals surface area contributed by atoms with Gasteiger partial charge in [-0.15, -0.1) is 0 Å². The van der Waals surface area contributed by atoms with Crippen LogP contribution in [-0.2, 0) is 0 Å². The molecule has 0 saturated heterocycles. The van der Waals surface area contributed by atoms with Crippen LogP contribution < -0.4 is 0 Å². The SMILES string of the molecule is CC1CCC(O)C(N(C)CC2CC2)C1. The molecule has 2 heteroatoms. The van der Waals surface area contributed by atoms with Gasteiger partial charge in [0, 0.05) is 12.6 Å². The van der Waals surface area contributed by atoms with Crippen molar-refractivity contribution in [2.45, 2.75) is 51.2 Å². The highest BCUT2D eigenvalue weighted by atomic mass is 16.3. The molecular weight excluding hydrogens is 174 g/mol. The summed E-state index contributed by atoms with van der Waals surface area (Å²) in [5.74, 6) is 1.73. The molecule has 82 valence electrons. The second kappa shape index (κ2) is 4.19. The number of hydrogen-bond donors (Lipinski definition) is 1. The lowest BCUT2D eigenvalue weighted by atomic mass is 9.84. The van der Waals surface area contributed by atoms with Gasteiger partial charge in [-0.3, -0.25) is 0 Å². The van der Waals surface area contributed by atoms with Crippen molar-refractivity contribution in [3.05, 3.63) is 0 Å². The third-order valence-corrected chi connectivity index (χ3v) is 3.85. The first kappa shape index (κ1) is 10.4. The summed E-state index contributed by atoms with van der Waals surface area (Å²) >= 11 is 0. The molecule has 0 aromatic rings. The first-order valence-corrected chi connectivity index (χ1v) is 6.05. The highest BCUT2D eigenvalue weighted by molar-refractivity contribution is 4.87. The van der Waals surface area contributed by atoms with E-state index in [0.717, 1.165) is 18.3 Å². The van der Waals surface area contributed by atoms with E-state index in [4.69, 9.17) is 0 Å². The van der Waals surface area contributed by atoms with E-state index in [1.54, 1.807) is 0 Å². The van der Waals surface area contributed by atoms with Crippen molar-refractivity contribution in [1.82, 2.24) is 4.90 Å². The fourth-order valence-corrected chi connectivity index (χ4v) is 2.65. The molecule has 0 aromatic carbocycles. The van der Waals surface area contributed by atoms with Crippen molar-refractivity contribution >= 4 is 0 Å². The van der Waals surface area contributed by atoms with E-state index < -0.39 is 0 Å². The Balaban J connectivity index is 1.85. The van der Waals surface area contributed by atoms with Crippen LogP contribution in [0.4, 0.5) is 0 Å². The number of rotatable bonds is 3. The van der Waals surface area contributed by atoms with Crippen LogP contribution in [0.25, 0.3) is 0 Å². The molecule has 0 amide bonds. The van der Waals surface area contributed by atoms with Crippen LogP contribution >= 0.6 is 0 Å². The largest absolute Gasteiger partial charge is 0.391 e. The van der Waals surface area contributed by atoms with Crippen molar-refractivity contribution in [3.63, 3.8) is 0 Å². The molecule has 2 aliphatic rings. The maximum Gasteiger partial charge on any atom is 0.0695 e. The lowest BCUT2D eigenvalue weighted by Crippen LogP contribution is -2.45. The molecule has 0 heterocycles. The van der Waals surface area contributed by atoms with Crippen LogP contribution in [-0.4, -0.2) is 35.7 Å². The van der Waals surface area contributed by atoms with Gasteiger partial charge in [0.05, 0.1) is 6.10 Å². The van der Waals surface area contributed by atoms with Gasteiger partial charge in [-0.1, -0.05) is 6.92 Å². The number of hydrogen-bond acceptors (Lipinski definition) is 2. The smallest absolute Gasteiger partial charge is 0.0695 e. The minimum atomic E-state index is -0.0741. The van der Waals surface area contributed by atoms with Crippen LogP contribution in [0, 0.1) is 11.8 Å². The Morgan fingerprint density at radius 1 is 1.21 bits per heavy atom. The van der Waals surface area contributed by atoms with Crippen LogP contribution in [0.15, 0.2) is 0 Å². The summed E-state index contributed by atoms with van der Waals surface area (Å²) in [6.45, 7) is 3.51. The molecule has 2 fully saturated rings. The van der Waals surface area contributed by atoms with E-state index in [0.29, 0.717) is 6.04 Å². The van der Waals surface area contributed by atoms with E-state index in [9.17, 15) is 5.11 Å². The summed E-state index contributed by atoms with van der Waals surface area (Å²) in [7, 11) is 2.18. The fourth-order valence-electron chi connectivity index (χ4n) is 2.65. The van der Waals surface area contributed by atoms with Gasteiger partial charge in [0.25, 0.3) is 0 Å². The number of nitrogens with zero attached hydrogens (tertiary/aromatic N) is 1. The maximum absolute atomic E-state index is 9.95. The minimum Gasteiger partial charge on any atom is -0.391 e. The zero-order valence-electron chi connectivity index (χ0n) is 9.45. The molecule has 0 bridgehead atoms. The second-order valence-corrected chi connectivity index (χ2v) is 5.44. The van der Waals surface area contributed by atoms with Gasteiger partial charge >= 0.3 is 0 Å². The van der Waals surface area contributed by atoms with Crippen LogP contribution in [0.5, 0.6) is 0 Å². The Bertz CT molecular complexity index is 191. The molecule has 2 nitrogen and oxygen atoms in total. The lowest BCUT2D eigenvalue weighted by Gasteiger charge is -2.38. The van der Waals surface area contributed by atoms with Crippen molar-refractivity contribution in [1.29, 1.82) is 0 Å². The molecule has 2 saturated carbocycles. The molecule has 14 heavy (non-hydrogen) atoms. The third-order valence-electron chi connectivity index (χ3n) is 3.85. The molecular formula is C12H23NO. The summed E-state index contributed by atoms with van der Waals surface area (Å²) in [6.07, 6.45) is 6.13. The highest BCUT2D eigenvalue weighted by Crippen LogP contribution is 2.33. The number of likely N-dealkylation sites (N-methyl/N-ethyl adjacent to an activating group) is 1. The Morgan fingerprint density at radius 3 is 2.57 bits per heavy atom. The molecule has 0 aromatic heterocycles. The minimum absolute atomic E-state index is 0.0741. The molecule has 3 unspecified atom stereocenters. The molecule has 0 aliphatic heterocycles. The fraction of sp³-hybridized carbons (Fsp3) is 1.00. The summed E-state index contributed by atoms with van der Waals surface area (Å²) in [5, 5.41) is 9.95. The average molecular weight is 197 g/mol. The molecule has 0 spiro atoms. The Morgan fingerprint density at radius 2 is 1.93 bits per heavy atom. The van der Waals surface area contributed by atoms with Crippen molar-refractivity contribution in [2.24, 2.45) is 11.8 Å². The summed E-state index contributed by atoms with van der Waals surface area (Å²) in [5.41, 5.74) is 0. The highest BCUT2D eigenvalue weighted by Gasteiger charge is 2.32. The van der Waals surface area contributed by atoms with Gasteiger partial charge < -0.3 is 10.0 Å². The Kier molecular flexibility index (Phi) is 3.13. The average Bonchev–Trinajstić information content (AvgIpc) is 2.93. The molecule has 2 rings (SSSR count). The predicted molar refractivity (Wildman–Crippen MR) is 58.2 cm³/mol. The maximum atomic E-state index is 9.95. The number of aliphatic hydroxyl groups is 1. The Hall–Kier alpha value is -0.0800. The molecule has 3 atom stereocenters. The first-order valence-electron chi connectivity index (χ1n) is 6.05. The van der Waals surface area contributed by atoms with E-state index in [1.165, 1.54) is 32.2 Å². The predicted octanol–water partition coefficient (Wildman–Crippen LogP) is 1.88. The summed E-state index contributed by atoms with van der Waals surface area (Å²) in [6, 6.07) is 0.430. The van der Waals surface area contributed by atoms with Gasteiger partial charge in [-0.2, -0.15) is 0 Å². The van der Waals surface area contributed by atoms with Crippen molar-refractivity contribution in [2.75, 3.05) is 13.6 Å². The summed E-state index contributed by atoms with van der Waals surface area (Å²) < 4.78 is 0. The van der Waals surface area contributed by atoms with E-state index in [2.05, 4.69) is 18.9 Å². The molecule has 2 aliphatic carbocycles. The van der Waals surface area contributed by atoms with E-state index in [1.807, 2.05) is 0 Å². The van der Waals surface area contributed by atoms with Gasteiger partial charge in [-0.05, 0) is 51.0 Å². The molecule has 0 radical (unpaired) electrons. The zero-order valence-corrected chi connectivity index (χ0v) is 9.45. The Labute approximate surface area is 87.3 Å². The van der Waals surface area contributed by atoms with Gasteiger partial charge in [-0.25, -0.2) is 0 Å². The normalized spacial score (nSPS) is 39.0. The first-order chi connectivity index (χ1) is 6.66. The van der Waals surface area contributed by atoms with Crippen LogP contribution in [0.3, 0.4) is 0 Å². The quantitative estimate of drug-likeness (QED) is 0.746. The van der Waals surface area contributed by atoms with Crippen molar-refractivity contribution < 1.29 is 5.11 Å². The van der Waals surface area contributed by atoms with Gasteiger partial charge in [0.2, 0.25) is 0 Å². The third kappa shape index (κ3) is 2.48. The topological polar surface area (TPSA) is 23.5 Å². The zero-order chi connectivity index (χ0) is 10.1. The number of aliphatic hydroxyl groups excluding tert-OH is 1. The van der Waals surface area contributed by atoms with E-state index >= 15 is 0 Å². The van der Waals surface area contributed by atoms with Gasteiger partial charge in [0.15, 0.2) is 0 Å². The molecule has 1 N–H and O–H groups in total. The lowest BCUT2D eigenvalue weighted by molar-refractivity contribution is 0.0155. The summed E-state index contributed by atoms with van der Waals surface area (Å²) in [4.78, 5) is 2.40. The van der Waals surface area contributed by atoms with E-state index in [-0.39, 0.29) is 6.10 Å². The van der Waals surface area contributed by atoms with Crippen molar-refractivity contribution in [3.8, 4) is 0 Å². The monoisotopic (exact) mass is 197 g/mol. The van der Waals surface area contributed by atoms with Gasteiger partial charge in [0.1, 0.15) is 0 Å². The van der Waals surface area contributed by atoms with Crippen LogP contribution in [0.2, 0.25) is 0 Å². The standard InChI is InChI=1S/C12H23NO/c1-9-3-6-12(14)11(7-9)13(2)8-10-4-5-10/h9-12,14H,3-8H2,1-2H3. The van der Waals surface area contributed by atoms with Crippen LogP contribution in [0.1, 0.15) is 39.0 Å².